The zero-order valence-electron chi connectivity index (χ0n) is 13.9. The molecule has 0 atom stereocenters. The van der Waals surface area contributed by atoms with Gasteiger partial charge in [-0.25, -0.2) is 0 Å². The maximum Gasteiger partial charge on any atom is 0.237 e. The van der Waals surface area contributed by atoms with Crippen molar-refractivity contribution in [2.45, 2.75) is 57.2 Å². The van der Waals surface area contributed by atoms with Crippen molar-refractivity contribution in [2.24, 2.45) is 0 Å². The van der Waals surface area contributed by atoms with Gasteiger partial charge in [-0.3, -0.25) is 9.69 Å². The fourth-order valence-electron chi connectivity index (χ4n) is 3.61. The van der Waals surface area contributed by atoms with Gasteiger partial charge in [0.1, 0.15) is 0 Å². The van der Waals surface area contributed by atoms with Crippen LogP contribution in [0.15, 0.2) is 24.3 Å². The summed E-state index contributed by atoms with van der Waals surface area (Å²) >= 11 is 0. The first kappa shape index (κ1) is 16.0. The van der Waals surface area contributed by atoms with Crippen molar-refractivity contribution in [2.75, 3.05) is 13.6 Å². The molecule has 0 unspecified atom stereocenters. The normalized spacial score (nSPS) is 18.1. The molecule has 2 saturated carbocycles. The van der Waals surface area contributed by atoms with E-state index >= 15 is 0 Å². The molecular formula is C19H25N3O. The number of rotatable bonds is 6. The van der Waals surface area contributed by atoms with Crippen molar-refractivity contribution in [3.05, 3.63) is 35.4 Å². The molecule has 1 aromatic rings. The Morgan fingerprint density at radius 2 is 1.74 bits per heavy atom. The number of carbonyl (C=O) groups excluding carboxylic acids is 1. The molecule has 0 radical (unpaired) electrons. The van der Waals surface area contributed by atoms with Crippen LogP contribution in [0.1, 0.15) is 49.7 Å². The Kier molecular flexibility index (Phi) is 4.97. The molecule has 0 N–H and O–H groups in total. The Bertz CT molecular complexity index is 580. The molecule has 0 aromatic heterocycles. The van der Waals surface area contributed by atoms with Crippen molar-refractivity contribution in [1.29, 1.82) is 5.26 Å². The highest BCUT2D eigenvalue weighted by atomic mass is 16.2. The van der Waals surface area contributed by atoms with Gasteiger partial charge in [-0.1, -0.05) is 25.0 Å². The van der Waals surface area contributed by atoms with Crippen LogP contribution in [0.4, 0.5) is 0 Å². The summed E-state index contributed by atoms with van der Waals surface area (Å²) in [5.74, 6) is 0.288. The van der Waals surface area contributed by atoms with E-state index in [9.17, 15) is 4.79 Å². The summed E-state index contributed by atoms with van der Waals surface area (Å²) in [6, 6.07) is 10.7. The van der Waals surface area contributed by atoms with Gasteiger partial charge in [0, 0.05) is 18.6 Å². The van der Waals surface area contributed by atoms with Gasteiger partial charge in [0.25, 0.3) is 0 Å². The molecule has 23 heavy (non-hydrogen) atoms. The molecule has 2 fully saturated rings. The number of benzene rings is 1. The minimum Gasteiger partial charge on any atom is -0.336 e. The van der Waals surface area contributed by atoms with Gasteiger partial charge in [0.05, 0.1) is 18.2 Å². The van der Waals surface area contributed by atoms with Gasteiger partial charge >= 0.3 is 0 Å². The smallest absolute Gasteiger partial charge is 0.237 e. The minimum absolute atomic E-state index is 0.288. The third kappa shape index (κ3) is 4.11. The summed E-state index contributed by atoms with van der Waals surface area (Å²) in [7, 11) is 2.00. The monoisotopic (exact) mass is 311 g/mol. The number of likely N-dealkylation sites (N-methyl/N-ethyl adjacent to an activating group) is 1. The Morgan fingerprint density at radius 3 is 2.30 bits per heavy atom. The van der Waals surface area contributed by atoms with E-state index in [0.29, 0.717) is 24.2 Å². The Labute approximate surface area is 138 Å². The van der Waals surface area contributed by atoms with Crippen LogP contribution in [0.5, 0.6) is 0 Å². The number of hydrogen-bond acceptors (Lipinski definition) is 3. The number of nitrogens with zero attached hydrogens (tertiary/aromatic N) is 3. The topological polar surface area (TPSA) is 47.3 Å². The van der Waals surface area contributed by atoms with E-state index in [-0.39, 0.29) is 5.91 Å². The van der Waals surface area contributed by atoms with Crippen LogP contribution in [-0.2, 0) is 11.3 Å². The molecule has 122 valence electrons. The van der Waals surface area contributed by atoms with Crippen molar-refractivity contribution < 1.29 is 4.79 Å². The minimum atomic E-state index is 0.288. The summed E-state index contributed by atoms with van der Waals surface area (Å²) in [6.45, 7) is 1.22. The summed E-state index contributed by atoms with van der Waals surface area (Å²) in [6.07, 6.45) is 7.26. The molecule has 0 saturated heterocycles. The van der Waals surface area contributed by atoms with Gasteiger partial charge in [-0.05, 0) is 50.4 Å². The summed E-state index contributed by atoms with van der Waals surface area (Å²) in [4.78, 5) is 17.0. The molecule has 0 aliphatic heterocycles. The van der Waals surface area contributed by atoms with Gasteiger partial charge in [0.2, 0.25) is 5.91 Å². The van der Waals surface area contributed by atoms with Gasteiger partial charge < -0.3 is 4.90 Å². The van der Waals surface area contributed by atoms with Gasteiger partial charge in [-0.2, -0.15) is 5.26 Å². The zero-order valence-corrected chi connectivity index (χ0v) is 13.9. The molecule has 3 rings (SSSR count). The number of carbonyl (C=O) groups is 1. The third-order valence-corrected chi connectivity index (χ3v) is 4.89. The quantitative estimate of drug-likeness (QED) is 0.811. The van der Waals surface area contributed by atoms with Gasteiger partial charge in [0.15, 0.2) is 0 Å². The second-order valence-corrected chi connectivity index (χ2v) is 6.95. The lowest BCUT2D eigenvalue weighted by molar-refractivity contribution is -0.135. The van der Waals surface area contributed by atoms with Crippen LogP contribution in [-0.4, -0.2) is 41.4 Å². The van der Waals surface area contributed by atoms with E-state index in [1.807, 2.05) is 31.3 Å². The van der Waals surface area contributed by atoms with Crippen molar-refractivity contribution in [3.63, 3.8) is 0 Å². The molecule has 2 aliphatic carbocycles. The van der Waals surface area contributed by atoms with Crippen LogP contribution in [0, 0.1) is 11.3 Å². The number of hydrogen-bond donors (Lipinski definition) is 0. The molecule has 0 heterocycles. The maximum absolute atomic E-state index is 12.8. The van der Waals surface area contributed by atoms with E-state index in [4.69, 9.17) is 5.26 Å². The van der Waals surface area contributed by atoms with E-state index < -0.39 is 0 Å². The highest BCUT2D eigenvalue weighted by Gasteiger charge is 2.38. The second-order valence-electron chi connectivity index (χ2n) is 6.95. The molecular weight excluding hydrogens is 286 g/mol. The predicted molar refractivity (Wildman–Crippen MR) is 89.6 cm³/mol. The van der Waals surface area contributed by atoms with Crippen molar-refractivity contribution in [3.8, 4) is 6.07 Å². The molecule has 2 aliphatic rings. The standard InChI is InChI=1S/C19H25N3O/c1-21(13-16-8-6-15(12-20)7-9-16)14-19(23)22(18-10-11-18)17-4-2-3-5-17/h6-9,17-18H,2-5,10-11,13-14H2,1H3. The van der Waals surface area contributed by atoms with E-state index in [2.05, 4.69) is 15.9 Å². The second kappa shape index (κ2) is 7.14. The highest BCUT2D eigenvalue weighted by Crippen LogP contribution is 2.34. The molecule has 4 nitrogen and oxygen atoms in total. The fraction of sp³-hybridized carbons (Fsp3) is 0.579. The average Bonchev–Trinajstić information content (AvgIpc) is 3.22. The number of amides is 1. The zero-order chi connectivity index (χ0) is 16.2. The van der Waals surface area contributed by atoms with Crippen molar-refractivity contribution >= 4 is 5.91 Å². The van der Waals surface area contributed by atoms with Crippen LogP contribution >= 0.6 is 0 Å². The predicted octanol–water partition coefficient (Wildman–Crippen LogP) is 2.92. The average molecular weight is 311 g/mol. The molecule has 4 heteroatoms. The lowest BCUT2D eigenvalue weighted by Gasteiger charge is -2.31. The SMILES string of the molecule is CN(CC(=O)N(C1CCCC1)C1CC1)Cc1ccc(C#N)cc1. The lowest BCUT2D eigenvalue weighted by atomic mass is 10.1. The Balaban J connectivity index is 1.56. The molecule has 1 amide bonds. The molecule has 1 aromatic carbocycles. The Morgan fingerprint density at radius 1 is 1.13 bits per heavy atom. The van der Waals surface area contributed by atoms with E-state index in [0.717, 1.165) is 12.1 Å². The molecule has 0 spiro atoms. The number of nitriles is 1. The Hall–Kier alpha value is -1.86. The summed E-state index contributed by atoms with van der Waals surface area (Å²) < 4.78 is 0. The maximum atomic E-state index is 12.8. The van der Waals surface area contributed by atoms with Crippen LogP contribution in [0.2, 0.25) is 0 Å². The van der Waals surface area contributed by atoms with Crippen LogP contribution < -0.4 is 0 Å². The van der Waals surface area contributed by atoms with E-state index in [1.165, 1.54) is 38.5 Å². The van der Waals surface area contributed by atoms with Crippen LogP contribution in [0.25, 0.3) is 0 Å². The van der Waals surface area contributed by atoms with E-state index in [1.54, 1.807) is 0 Å². The molecule has 0 bridgehead atoms. The van der Waals surface area contributed by atoms with Crippen molar-refractivity contribution in [1.82, 2.24) is 9.80 Å². The first-order valence-electron chi connectivity index (χ1n) is 8.66. The third-order valence-electron chi connectivity index (χ3n) is 4.89. The first-order valence-corrected chi connectivity index (χ1v) is 8.66. The first-order chi connectivity index (χ1) is 11.2. The largest absolute Gasteiger partial charge is 0.336 e. The fourth-order valence-corrected chi connectivity index (χ4v) is 3.61. The highest BCUT2D eigenvalue weighted by molar-refractivity contribution is 5.79. The lowest BCUT2D eigenvalue weighted by Crippen LogP contribution is -2.45. The van der Waals surface area contributed by atoms with Crippen LogP contribution in [0.3, 0.4) is 0 Å². The van der Waals surface area contributed by atoms with Gasteiger partial charge in [-0.15, -0.1) is 0 Å². The summed E-state index contributed by atoms with van der Waals surface area (Å²) in [5, 5.41) is 8.84. The summed E-state index contributed by atoms with van der Waals surface area (Å²) in [5.41, 5.74) is 1.81.